The summed E-state index contributed by atoms with van der Waals surface area (Å²) in [6.07, 6.45) is 0.788. The fraction of sp³-hybridized carbons (Fsp3) is 0.478. The van der Waals surface area contributed by atoms with Gasteiger partial charge in [0.25, 0.3) is 0 Å². The lowest BCUT2D eigenvalue weighted by Gasteiger charge is -2.43. The van der Waals surface area contributed by atoms with E-state index < -0.39 is 17.8 Å². The van der Waals surface area contributed by atoms with Crippen molar-refractivity contribution in [3.05, 3.63) is 44.4 Å². The predicted octanol–water partition coefficient (Wildman–Crippen LogP) is 2.18. The minimum atomic E-state index is -0.569. The summed E-state index contributed by atoms with van der Waals surface area (Å²) < 4.78 is 4.97. The summed E-state index contributed by atoms with van der Waals surface area (Å²) >= 11 is 2.82. The van der Waals surface area contributed by atoms with Crippen LogP contribution in [0.2, 0.25) is 0 Å². The van der Waals surface area contributed by atoms with E-state index in [1.165, 1.54) is 11.3 Å². The molecule has 8 nitrogen and oxygen atoms in total. The number of carbonyl (C=O) groups is 3. The number of phenolic OH excluding ortho intramolecular Hbond substituents is 1. The van der Waals surface area contributed by atoms with E-state index in [1.807, 2.05) is 12.1 Å². The average Bonchev–Trinajstić information content (AvgIpc) is 3.50. The Morgan fingerprint density at radius 2 is 1.85 bits per heavy atom. The highest BCUT2D eigenvalue weighted by atomic mass is 32.2. The Kier molecular flexibility index (Phi) is 4.74. The summed E-state index contributed by atoms with van der Waals surface area (Å²) in [5.74, 6) is -1.80. The highest BCUT2D eigenvalue weighted by Gasteiger charge is 2.69. The van der Waals surface area contributed by atoms with Gasteiger partial charge in [0.05, 0.1) is 23.5 Å². The Morgan fingerprint density at radius 1 is 1.15 bits per heavy atom. The normalized spacial score (nSPS) is 33.7. The van der Waals surface area contributed by atoms with Crippen LogP contribution in [0, 0.1) is 29.6 Å². The summed E-state index contributed by atoms with van der Waals surface area (Å²) in [5.41, 5.74) is 0.990. The summed E-state index contributed by atoms with van der Waals surface area (Å²) in [4.78, 5) is 55.8. The second kappa shape index (κ2) is 7.46. The third kappa shape index (κ3) is 2.96. The Morgan fingerprint density at radius 3 is 2.55 bits per heavy atom. The average molecular weight is 487 g/mol. The number of thioether (sulfide) groups is 1. The smallest absolute Gasteiger partial charge is 0.326 e. The number of rotatable bonds is 4. The first-order valence-corrected chi connectivity index (χ1v) is 12.8. The van der Waals surface area contributed by atoms with Gasteiger partial charge < -0.3 is 14.8 Å². The number of hydrogen-bond acceptors (Lipinski definition) is 8. The molecular formula is C23H22N2O6S2. The van der Waals surface area contributed by atoms with E-state index >= 15 is 0 Å². The minimum absolute atomic E-state index is 0.00898. The van der Waals surface area contributed by atoms with Crippen LogP contribution < -0.4 is 4.87 Å². The fourth-order valence-electron chi connectivity index (χ4n) is 6.63. The zero-order valence-electron chi connectivity index (χ0n) is 17.7. The summed E-state index contributed by atoms with van der Waals surface area (Å²) in [6.45, 7) is 1.56. The second-order valence-corrected chi connectivity index (χ2v) is 11.3. The standard InChI is InChI=1S/C23H22N2O6S2/c1-2-31-13(27)8-25-21(28)16-11-7-12(17(16)22(25)29)18-15(11)14(9-3-5-10(26)6-4-9)19-20(32-18)24-23(30)33-19/h3-6,11-12,14-18,26H,2,7-8H2,1H3,(H,24,30). The predicted molar refractivity (Wildman–Crippen MR) is 120 cm³/mol. The SMILES string of the molecule is CCOC(=O)CN1C(=O)C2C3CC(C2C1=O)C1C(c2ccc(O)cc2)c2sc(=O)[nH]c2SC31. The lowest BCUT2D eigenvalue weighted by molar-refractivity contribution is -0.153. The highest BCUT2D eigenvalue weighted by molar-refractivity contribution is 8.00. The molecule has 7 atom stereocenters. The number of aromatic hydroxyl groups is 1. The van der Waals surface area contributed by atoms with Crippen molar-refractivity contribution in [3.63, 3.8) is 0 Å². The molecule has 4 aliphatic rings. The molecule has 3 heterocycles. The number of benzene rings is 1. The number of esters is 1. The maximum absolute atomic E-state index is 13.3. The topological polar surface area (TPSA) is 117 Å². The van der Waals surface area contributed by atoms with Crippen molar-refractivity contribution in [1.29, 1.82) is 0 Å². The molecule has 33 heavy (non-hydrogen) atoms. The molecule has 1 saturated heterocycles. The van der Waals surface area contributed by atoms with Crippen molar-refractivity contribution < 1.29 is 24.2 Å². The molecule has 2 aromatic rings. The van der Waals surface area contributed by atoms with E-state index in [0.29, 0.717) is 0 Å². The number of likely N-dealkylation sites (tertiary alicyclic amines) is 1. The van der Waals surface area contributed by atoms with Gasteiger partial charge in [0.2, 0.25) is 11.8 Å². The molecule has 2 N–H and O–H groups in total. The van der Waals surface area contributed by atoms with Gasteiger partial charge in [-0.25, -0.2) is 0 Å². The lowest BCUT2D eigenvalue weighted by Crippen LogP contribution is -2.42. The van der Waals surface area contributed by atoms with Crippen LogP contribution >= 0.6 is 23.1 Å². The van der Waals surface area contributed by atoms with Crippen molar-refractivity contribution in [2.75, 3.05) is 13.2 Å². The first kappa shape index (κ1) is 21.0. The molecule has 0 spiro atoms. The van der Waals surface area contributed by atoms with Crippen molar-refractivity contribution in [2.24, 2.45) is 29.6 Å². The van der Waals surface area contributed by atoms with Gasteiger partial charge in [0, 0.05) is 16.0 Å². The Hall–Kier alpha value is -2.59. The van der Waals surface area contributed by atoms with Crippen LogP contribution in [0.15, 0.2) is 34.1 Å². The molecule has 2 bridgehead atoms. The summed E-state index contributed by atoms with van der Waals surface area (Å²) in [7, 11) is 0. The van der Waals surface area contributed by atoms with Crippen LogP contribution in [0.4, 0.5) is 0 Å². The molecular weight excluding hydrogens is 464 g/mol. The number of H-pyrrole nitrogens is 1. The van der Waals surface area contributed by atoms with Crippen LogP contribution in [0.25, 0.3) is 0 Å². The Labute approximate surface area is 197 Å². The summed E-state index contributed by atoms with van der Waals surface area (Å²) in [6, 6.07) is 7.03. The zero-order chi connectivity index (χ0) is 23.0. The Balaban J connectivity index is 1.39. The zero-order valence-corrected chi connectivity index (χ0v) is 19.4. The number of ether oxygens (including phenoxy) is 1. The molecule has 2 amide bonds. The maximum atomic E-state index is 13.3. The van der Waals surface area contributed by atoms with Gasteiger partial charge in [-0.3, -0.25) is 24.1 Å². The van der Waals surface area contributed by atoms with Crippen LogP contribution in [-0.4, -0.2) is 51.2 Å². The van der Waals surface area contributed by atoms with E-state index in [1.54, 1.807) is 30.8 Å². The third-order valence-corrected chi connectivity index (χ3v) is 10.2. The van der Waals surface area contributed by atoms with Crippen LogP contribution in [-0.2, 0) is 19.1 Å². The Bertz CT molecular complexity index is 1220. The van der Waals surface area contributed by atoms with E-state index in [4.69, 9.17) is 4.74 Å². The molecule has 7 unspecified atom stereocenters. The fourth-order valence-corrected chi connectivity index (χ4v) is 9.51. The van der Waals surface area contributed by atoms with Gasteiger partial charge in [-0.1, -0.05) is 23.5 Å². The number of imide groups is 1. The third-order valence-electron chi connectivity index (χ3n) is 7.66. The number of thiazole rings is 1. The van der Waals surface area contributed by atoms with E-state index in [9.17, 15) is 24.3 Å². The molecule has 1 aromatic heterocycles. The summed E-state index contributed by atoms with van der Waals surface area (Å²) in [5, 5.41) is 10.7. The highest BCUT2D eigenvalue weighted by Crippen LogP contribution is 2.68. The molecule has 172 valence electrons. The second-order valence-electron chi connectivity index (χ2n) is 9.12. The van der Waals surface area contributed by atoms with Gasteiger partial charge in [-0.15, -0.1) is 11.8 Å². The molecule has 3 fully saturated rings. The van der Waals surface area contributed by atoms with Crippen molar-refractivity contribution in [2.45, 2.75) is 29.5 Å². The first-order chi connectivity index (χ1) is 15.9. The number of amides is 2. The molecule has 2 aliphatic heterocycles. The number of hydrogen-bond donors (Lipinski definition) is 2. The molecule has 10 heteroatoms. The van der Waals surface area contributed by atoms with E-state index in [2.05, 4.69) is 4.98 Å². The number of phenols is 1. The lowest BCUT2D eigenvalue weighted by atomic mass is 9.68. The maximum Gasteiger partial charge on any atom is 0.326 e. The van der Waals surface area contributed by atoms with Gasteiger partial charge in [-0.05, 0) is 48.8 Å². The van der Waals surface area contributed by atoms with Gasteiger partial charge in [0.1, 0.15) is 12.3 Å². The molecule has 0 radical (unpaired) electrons. The largest absolute Gasteiger partial charge is 0.508 e. The van der Waals surface area contributed by atoms with Gasteiger partial charge in [0.15, 0.2) is 0 Å². The van der Waals surface area contributed by atoms with E-state index in [-0.39, 0.29) is 64.5 Å². The van der Waals surface area contributed by atoms with Crippen LogP contribution in [0.3, 0.4) is 0 Å². The molecule has 2 aliphatic carbocycles. The van der Waals surface area contributed by atoms with Crippen molar-refractivity contribution in [3.8, 4) is 5.75 Å². The van der Waals surface area contributed by atoms with Crippen molar-refractivity contribution >= 4 is 40.9 Å². The number of aromatic amines is 1. The van der Waals surface area contributed by atoms with Crippen LogP contribution in [0.5, 0.6) is 5.75 Å². The molecule has 1 aromatic carbocycles. The quantitative estimate of drug-likeness (QED) is 0.503. The van der Waals surface area contributed by atoms with E-state index in [0.717, 1.165) is 26.8 Å². The number of nitrogens with zero attached hydrogens (tertiary/aromatic N) is 1. The van der Waals surface area contributed by atoms with Gasteiger partial charge in [-0.2, -0.15) is 0 Å². The van der Waals surface area contributed by atoms with Crippen LogP contribution in [0.1, 0.15) is 29.7 Å². The first-order valence-electron chi connectivity index (χ1n) is 11.1. The number of aromatic nitrogens is 1. The minimum Gasteiger partial charge on any atom is -0.508 e. The number of fused-ring (bicyclic) bond motifs is 9. The molecule has 2 saturated carbocycles. The van der Waals surface area contributed by atoms with Gasteiger partial charge >= 0.3 is 10.8 Å². The monoisotopic (exact) mass is 486 g/mol. The van der Waals surface area contributed by atoms with Crippen molar-refractivity contribution in [1.82, 2.24) is 9.88 Å². The number of nitrogens with one attached hydrogen (secondary N) is 1. The molecule has 6 rings (SSSR count). The number of carbonyl (C=O) groups excluding carboxylic acids is 3.